The first-order valence-corrected chi connectivity index (χ1v) is 15.1. The van der Waals surface area contributed by atoms with Crippen LogP contribution in [0.3, 0.4) is 0 Å². The average Bonchev–Trinajstić information content (AvgIpc) is 3.72. The Morgan fingerprint density at radius 2 is 1.69 bits per heavy atom. The van der Waals surface area contributed by atoms with Gasteiger partial charge in [0.25, 0.3) is 0 Å². The number of aryl methyl sites for hydroxylation is 2. The molecule has 45 heavy (non-hydrogen) atoms. The van der Waals surface area contributed by atoms with Crippen LogP contribution < -0.4 is 10.4 Å². The number of carboxylic acids is 1. The number of carbonyl (C=O) groups excluding carboxylic acids is 2. The van der Waals surface area contributed by atoms with Crippen molar-refractivity contribution in [2.24, 2.45) is 0 Å². The SMILES string of the molecule is C/C=C1/c2cc3[nH]c4c(c3C)C(=O)C(C(=O)OC)=c4c3nc(cc4[nH]c(cc(n2)[C@@H]1C)c(=C(C)O)c4C)[C@@H](C)[C@@H]3CCC(=O)O. The van der Waals surface area contributed by atoms with E-state index in [1.165, 1.54) is 7.11 Å². The molecule has 8 bridgehead atoms. The predicted octanol–water partition coefficient (Wildman–Crippen LogP) is 5.10. The van der Waals surface area contributed by atoms with E-state index in [-0.39, 0.29) is 36.0 Å². The zero-order valence-corrected chi connectivity index (χ0v) is 26.4. The fraction of sp³-hybridized carbons (Fsp3) is 0.343. The number of aromatic nitrogens is 4. The van der Waals surface area contributed by atoms with Gasteiger partial charge in [0.05, 0.1) is 46.5 Å². The quantitative estimate of drug-likeness (QED) is 0.298. The molecule has 0 unspecified atom stereocenters. The van der Waals surface area contributed by atoms with Crippen LogP contribution in [0.5, 0.6) is 0 Å². The van der Waals surface area contributed by atoms with Gasteiger partial charge in [-0.25, -0.2) is 4.79 Å². The molecule has 10 heteroatoms. The van der Waals surface area contributed by atoms with Crippen molar-refractivity contribution in [3.05, 3.63) is 74.2 Å². The molecule has 5 heterocycles. The van der Waals surface area contributed by atoms with Gasteiger partial charge in [-0.3, -0.25) is 19.6 Å². The average molecular weight is 609 g/mol. The lowest BCUT2D eigenvalue weighted by Gasteiger charge is -2.15. The summed E-state index contributed by atoms with van der Waals surface area (Å²) in [4.78, 5) is 55.8. The topological polar surface area (TPSA) is 158 Å². The first kappa shape index (κ1) is 30.1. The van der Waals surface area contributed by atoms with Gasteiger partial charge in [-0.2, -0.15) is 0 Å². The number of carboxylic acid groups (broad SMARTS) is 1. The summed E-state index contributed by atoms with van der Waals surface area (Å²) in [5.74, 6) is -2.68. The monoisotopic (exact) mass is 608 g/mol. The Morgan fingerprint density at radius 1 is 1.00 bits per heavy atom. The van der Waals surface area contributed by atoms with Crippen LogP contribution in [0.2, 0.25) is 0 Å². The number of carbonyl (C=O) groups is 3. The number of aliphatic hydroxyl groups excluding tert-OH is 1. The van der Waals surface area contributed by atoms with E-state index in [1.54, 1.807) is 6.92 Å². The summed E-state index contributed by atoms with van der Waals surface area (Å²) in [6.45, 7) is 11.4. The molecule has 0 saturated heterocycles. The molecule has 0 fully saturated rings. The number of H-pyrrole nitrogens is 2. The number of hydrogen-bond donors (Lipinski definition) is 4. The Hall–Kier alpha value is -4.99. The van der Waals surface area contributed by atoms with Crippen LogP contribution in [-0.2, 0) is 14.3 Å². The van der Waals surface area contributed by atoms with Gasteiger partial charge >= 0.3 is 11.9 Å². The van der Waals surface area contributed by atoms with E-state index >= 15 is 0 Å². The summed E-state index contributed by atoms with van der Waals surface area (Å²) in [7, 11) is 1.23. The van der Waals surface area contributed by atoms with Crippen LogP contribution in [0.1, 0.15) is 103 Å². The number of ketones is 1. The highest BCUT2D eigenvalue weighted by molar-refractivity contribution is 6.48. The van der Waals surface area contributed by atoms with Crippen molar-refractivity contribution in [1.29, 1.82) is 0 Å². The van der Waals surface area contributed by atoms with E-state index in [4.69, 9.17) is 14.7 Å². The van der Waals surface area contributed by atoms with Gasteiger partial charge in [0.1, 0.15) is 5.57 Å². The fourth-order valence-corrected chi connectivity index (χ4v) is 7.12. The fourth-order valence-electron chi connectivity index (χ4n) is 7.12. The smallest absolute Gasteiger partial charge is 0.342 e. The predicted molar refractivity (Wildman–Crippen MR) is 171 cm³/mol. The van der Waals surface area contributed by atoms with Gasteiger partial charge in [-0.05, 0) is 69.0 Å². The molecule has 4 N–H and O–H groups in total. The van der Waals surface area contributed by atoms with Gasteiger partial charge in [-0.15, -0.1) is 0 Å². The van der Waals surface area contributed by atoms with Crippen LogP contribution in [-0.4, -0.2) is 55.0 Å². The molecule has 3 aromatic heterocycles. The maximum atomic E-state index is 14.0. The number of rotatable bonds is 4. The molecule has 2 aliphatic heterocycles. The molecule has 1 aliphatic carbocycles. The van der Waals surface area contributed by atoms with E-state index in [0.717, 1.165) is 28.0 Å². The van der Waals surface area contributed by atoms with E-state index in [0.29, 0.717) is 49.5 Å². The summed E-state index contributed by atoms with van der Waals surface area (Å²) in [6, 6.07) is 5.78. The second kappa shape index (κ2) is 10.9. The lowest BCUT2D eigenvalue weighted by molar-refractivity contribution is -0.137. The minimum Gasteiger partial charge on any atom is -0.512 e. The number of allylic oxidation sites excluding steroid dienone is 2. The van der Waals surface area contributed by atoms with Gasteiger partial charge < -0.3 is 24.9 Å². The molecule has 0 saturated carbocycles. The third-order valence-electron chi connectivity index (χ3n) is 9.54. The van der Waals surface area contributed by atoms with Crippen molar-refractivity contribution < 1.29 is 29.3 Å². The maximum Gasteiger partial charge on any atom is 0.342 e. The Balaban J connectivity index is 1.88. The third-order valence-corrected chi connectivity index (χ3v) is 9.54. The van der Waals surface area contributed by atoms with Gasteiger partial charge in [0, 0.05) is 51.3 Å². The van der Waals surface area contributed by atoms with Crippen LogP contribution in [0.25, 0.3) is 39.0 Å². The summed E-state index contributed by atoms with van der Waals surface area (Å²) in [5, 5.41) is 21.4. The van der Waals surface area contributed by atoms with E-state index < -0.39 is 23.6 Å². The Labute approximate surface area is 259 Å². The van der Waals surface area contributed by atoms with Crippen molar-refractivity contribution in [1.82, 2.24) is 19.9 Å². The molecule has 0 spiro atoms. The molecule has 3 atom stereocenters. The number of aliphatic hydroxyl groups is 1. The number of hydrogen-bond acceptors (Lipinski definition) is 7. The second-order valence-corrected chi connectivity index (χ2v) is 12.1. The number of Topliss-reactive ketones (excluding diaryl/α,β-unsaturated/α-hetero) is 1. The molecule has 6 rings (SSSR count). The number of nitrogens with one attached hydrogen (secondary N) is 2. The van der Waals surface area contributed by atoms with Crippen LogP contribution in [0.4, 0.5) is 0 Å². The van der Waals surface area contributed by atoms with Crippen molar-refractivity contribution in [3.8, 4) is 0 Å². The van der Waals surface area contributed by atoms with E-state index in [9.17, 15) is 24.6 Å². The van der Waals surface area contributed by atoms with Crippen molar-refractivity contribution in [3.63, 3.8) is 0 Å². The Bertz CT molecular complexity index is 2160. The van der Waals surface area contributed by atoms with Crippen LogP contribution >= 0.6 is 0 Å². The number of aliphatic carboxylic acids is 1. The second-order valence-electron chi connectivity index (χ2n) is 12.1. The van der Waals surface area contributed by atoms with Crippen molar-refractivity contribution in [2.75, 3.05) is 7.11 Å². The van der Waals surface area contributed by atoms with Gasteiger partial charge in [0.2, 0.25) is 5.78 Å². The van der Waals surface area contributed by atoms with Crippen molar-refractivity contribution >= 4 is 56.7 Å². The molecule has 10 nitrogen and oxygen atoms in total. The standard InChI is InChI=1S/C35H36N4O6/c1-8-19-14(2)21-13-26-28(18(6)40)16(4)23(37-26)11-22-15(3)20(9-10-27(41)42)32(38-22)30-31(35(44)45-7)34(43)29-17(5)24(39-33(29)30)12-25(19)36-21/h8,11-15,20,37,39-40H,9-10H2,1-7H3,(H,41,42)/b19-8+,22-11?,25-12?,26-13?,28-18?/t14-,15+,20+/m1/s1. The maximum absolute atomic E-state index is 14.0. The first-order chi connectivity index (χ1) is 21.4. The lowest BCUT2D eigenvalue weighted by atomic mass is 9.86. The van der Waals surface area contributed by atoms with Crippen LogP contribution in [0, 0.1) is 13.8 Å². The Kier molecular flexibility index (Phi) is 7.26. The minimum absolute atomic E-state index is 0.0316. The lowest BCUT2D eigenvalue weighted by Crippen LogP contribution is -2.22. The van der Waals surface area contributed by atoms with Gasteiger partial charge in [0.15, 0.2) is 0 Å². The van der Waals surface area contributed by atoms with Crippen molar-refractivity contribution in [2.45, 2.75) is 72.1 Å². The molecular weight excluding hydrogens is 572 g/mol. The van der Waals surface area contributed by atoms with E-state index in [1.807, 2.05) is 52.0 Å². The minimum atomic E-state index is -0.948. The summed E-state index contributed by atoms with van der Waals surface area (Å²) < 4.78 is 5.09. The molecule has 0 aromatic carbocycles. The number of esters is 1. The van der Waals surface area contributed by atoms with Gasteiger partial charge in [-0.1, -0.05) is 19.9 Å². The highest BCUT2D eigenvalue weighted by Crippen LogP contribution is 2.40. The summed E-state index contributed by atoms with van der Waals surface area (Å²) in [6.07, 6.45) is 2.16. The molecule has 0 radical (unpaired) electrons. The molecule has 3 aromatic rings. The normalized spacial score (nSPS) is 20.6. The number of nitrogens with zero attached hydrogens (tertiary/aromatic N) is 2. The molecule has 232 valence electrons. The van der Waals surface area contributed by atoms with Crippen LogP contribution in [0.15, 0.2) is 24.3 Å². The number of methoxy groups -OCH3 is 1. The summed E-state index contributed by atoms with van der Waals surface area (Å²) >= 11 is 0. The molecular formula is C35H36N4O6. The zero-order chi connectivity index (χ0) is 32.5. The largest absolute Gasteiger partial charge is 0.512 e. The molecule has 3 aliphatic rings. The Morgan fingerprint density at radius 3 is 2.33 bits per heavy atom. The third kappa shape index (κ3) is 4.58. The van der Waals surface area contributed by atoms with E-state index in [2.05, 4.69) is 16.9 Å². The molecule has 0 amide bonds. The number of fused-ring (bicyclic) bond motifs is 8. The highest BCUT2D eigenvalue weighted by Gasteiger charge is 2.38. The number of aromatic amines is 2. The number of ether oxygens (including phenoxy) is 1. The first-order valence-electron chi connectivity index (χ1n) is 15.1. The highest BCUT2D eigenvalue weighted by atomic mass is 16.5. The zero-order valence-electron chi connectivity index (χ0n) is 26.4. The summed E-state index contributed by atoms with van der Waals surface area (Å²) in [5.41, 5.74) is 8.05.